The predicted molar refractivity (Wildman–Crippen MR) is 142 cm³/mol. The Labute approximate surface area is 239 Å². The Kier molecular flexibility index (Phi) is 7.62. The number of nitrogens with two attached hydrogens (primary N) is 3. The van der Waals surface area contributed by atoms with E-state index in [2.05, 4.69) is 29.9 Å². The summed E-state index contributed by atoms with van der Waals surface area (Å²) in [6.07, 6.45) is -4.97. The SMILES string of the molecule is Nc1nc2c(ncn2[C@@H]2O[C@H](CO)[C@@H](N)[C@H]2OP(=O)(O)OCC[C@H]2O[C@@H](n3cnc4c(N)ncnc43)[C@H](O)[C@@H]2O)c(=O)[nH]1. The summed E-state index contributed by atoms with van der Waals surface area (Å²) in [7, 11) is -4.86. The Bertz CT molecular complexity index is 1750. The van der Waals surface area contributed by atoms with Gasteiger partial charge in [0.05, 0.1) is 38.0 Å². The van der Waals surface area contributed by atoms with Crippen molar-refractivity contribution in [1.82, 2.24) is 39.0 Å². The number of aliphatic hydroxyl groups excluding tert-OH is 3. The van der Waals surface area contributed by atoms with Crippen LogP contribution in [0.3, 0.4) is 0 Å². The Morgan fingerprint density at radius 1 is 1.00 bits per heavy atom. The lowest BCUT2D eigenvalue weighted by Gasteiger charge is -2.24. The minimum atomic E-state index is -4.86. The summed E-state index contributed by atoms with van der Waals surface area (Å²) >= 11 is 0. The number of aliphatic hydroxyl groups is 3. The van der Waals surface area contributed by atoms with Crippen molar-refractivity contribution in [2.75, 3.05) is 24.7 Å². The summed E-state index contributed by atoms with van der Waals surface area (Å²) < 4.78 is 37.7. The standard InChI is InChI=1S/C21H28N11O10P/c22-9-8(3-33)41-20(32-6-28-11-17(32)29-21(24)30-18(11)36)14(9)42-43(37,38)39-2-1-7-12(34)13(35)19(40-7)31-5-27-10-15(23)25-4-26-16(10)31/h4-9,12-14,19-20,33-35H,1-3,22H2,(H,37,38)(H2,23,25,26)(H3,24,29,30,36)/t7-,8-,9-,12-,13-,14-,19-,20-/m1/s1. The van der Waals surface area contributed by atoms with E-state index in [4.69, 9.17) is 35.7 Å². The number of H-pyrrole nitrogens is 1. The van der Waals surface area contributed by atoms with Crippen molar-refractivity contribution in [3.8, 4) is 0 Å². The molecule has 11 N–H and O–H groups in total. The molecule has 2 aliphatic heterocycles. The van der Waals surface area contributed by atoms with E-state index in [-0.39, 0.29) is 40.5 Å². The molecule has 6 rings (SSSR count). The van der Waals surface area contributed by atoms with Gasteiger partial charge in [-0.15, -0.1) is 0 Å². The fraction of sp³-hybridized carbons (Fsp3) is 0.524. The average Bonchev–Trinajstić information content (AvgIpc) is 3.71. The lowest BCUT2D eigenvalue weighted by Crippen LogP contribution is -2.42. The number of phosphoric ester groups is 1. The Morgan fingerprint density at radius 2 is 1.70 bits per heavy atom. The number of imidazole rings is 2. The first-order chi connectivity index (χ1) is 20.5. The molecule has 43 heavy (non-hydrogen) atoms. The number of hydrogen-bond acceptors (Lipinski definition) is 17. The number of aromatic amines is 1. The van der Waals surface area contributed by atoms with Crippen LogP contribution in [0.4, 0.5) is 11.8 Å². The zero-order chi connectivity index (χ0) is 30.6. The number of ether oxygens (including phenoxy) is 2. The van der Waals surface area contributed by atoms with Crippen LogP contribution in [-0.4, -0.2) is 109 Å². The molecule has 4 aromatic heterocycles. The van der Waals surface area contributed by atoms with Crippen LogP contribution in [0.1, 0.15) is 18.9 Å². The highest BCUT2D eigenvalue weighted by Crippen LogP contribution is 2.49. The van der Waals surface area contributed by atoms with Crippen molar-refractivity contribution < 1.29 is 43.3 Å². The molecule has 0 saturated carbocycles. The lowest BCUT2D eigenvalue weighted by atomic mass is 10.1. The molecule has 0 aliphatic carbocycles. The van der Waals surface area contributed by atoms with Crippen LogP contribution < -0.4 is 22.8 Å². The van der Waals surface area contributed by atoms with E-state index in [1.54, 1.807) is 0 Å². The van der Waals surface area contributed by atoms with E-state index in [0.29, 0.717) is 0 Å². The number of nitrogens with one attached hydrogen (secondary N) is 1. The molecular formula is C21H28N11O10P. The fourth-order valence-electron chi connectivity index (χ4n) is 5.11. The second kappa shape index (κ2) is 11.1. The lowest BCUT2D eigenvalue weighted by molar-refractivity contribution is -0.0519. The largest absolute Gasteiger partial charge is 0.472 e. The molecule has 0 aromatic carbocycles. The summed E-state index contributed by atoms with van der Waals surface area (Å²) in [6, 6.07) is -1.12. The van der Waals surface area contributed by atoms with E-state index < -0.39 is 75.6 Å². The normalized spacial score (nSPS) is 30.8. The van der Waals surface area contributed by atoms with Gasteiger partial charge in [-0.1, -0.05) is 0 Å². The Balaban J connectivity index is 1.13. The van der Waals surface area contributed by atoms with Crippen LogP contribution in [0.2, 0.25) is 0 Å². The Morgan fingerprint density at radius 3 is 2.44 bits per heavy atom. The number of aromatic nitrogens is 8. The summed E-state index contributed by atoms with van der Waals surface area (Å²) in [6.45, 7) is -1.00. The highest BCUT2D eigenvalue weighted by molar-refractivity contribution is 7.47. The highest BCUT2D eigenvalue weighted by Gasteiger charge is 2.49. The van der Waals surface area contributed by atoms with Gasteiger partial charge in [-0.2, -0.15) is 4.98 Å². The third-order valence-corrected chi connectivity index (χ3v) is 8.24. The smallest absolute Gasteiger partial charge is 0.394 e. The average molecular weight is 625 g/mol. The van der Waals surface area contributed by atoms with Crippen molar-refractivity contribution in [3.05, 3.63) is 29.3 Å². The monoisotopic (exact) mass is 625 g/mol. The van der Waals surface area contributed by atoms with Gasteiger partial charge in [-0.25, -0.2) is 24.5 Å². The molecule has 0 radical (unpaired) electrons. The highest BCUT2D eigenvalue weighted by atomic mass is 31.2. The molecule has 2 saturated heterocycles. The number of rotatable bonds is 9. The van der Waals surface area contributed by atoms with Crippen LogP contribution in [0.15, 0.2) is 23.8 Å². The molecule has 0 spiro atoms. The molecule has 6 heterocycles. The molecule has 21 nitrogen and oxygen atoms in total. The molecule has 0 amide bonds. The Hall–Kier alpha value is -3.63. The van der Waals surface area contributed by atoms with Gasteiger partial charge in [-0.3, -0.25) is 28.0 Å². The molecule has 4 aromatic rings. The quantitative estimate of drug-likeness (QED) is 0.0851. The number of nitrogen functional groups attached to an aromatic ring is 2. The first-order valence-corrected chi connectivity index (χ1v) is 14.3. The van der Waals surface area contributed by atoms with Crippen LogP contribution in [0, 0.1) is 0 Å². The topological polar surface area (TPSA) is 320 Å². The van der Waals surface area contributed by atoms with Crippen LogP contribution in [0.25, 0.3) is 22.3 Å². The molecule has 0 bridgehead atoms. The molecule has 2 aliphatic rings. The van der Waals surface area contributed by atoms with Crippen LogP contribution >= 0.6 is 7.82 Å². The summed E-state index contributed by atoms with van der Waals surface area (Å²) in [4.78, 5) is 45.1. The molecule has 232 valence electrons. The van der Waals surface area contributed by atoms with Crippen molar-refractivity contribution in [3.63, 3.8) is 0 Å². The second-order valence-electron chi connectivity index (χ2n) is 9.89. The number of anilines is 2. The number of fused-ring (bicyclic) bond motifs is 2. The predicted octanol–water partition coefficient (Wildman–Crippen LogP) is -3.15. The number of hydrogen-bond donors (Lipinski definition) is 8. The van der Waals surface area contributed by atoms with Gasteiger partial charge in [0.2, 0.25) is 5.95 Å². The van der Waals surface area contributed by atoms with Gasteiger partial charge >= 0.3 is 7.82 Å². The van der Waals surface area contributed by atoms with E-state index in [1.807, 2.05) is 0 Å². The van der Waals surface area contributed by atoms with Crippen LogP contribution in [0.5, 0.6) is 0 Å². The number of phosphoric acid groups is 1. The maximum atomic E-state index is 13.0. The minimum absolute atomic E-state index is 0.0142. The van der Waals surface area contributed by atoms with Crippen LogP contribution in [-0.2, 0) is 23.1 Å². The van der Waals surface area contributed by atoms with E-state index in [1.165, 1.54) is 28.1 Å². The first-order valence-electron chi connectivity index (χ1n) is 12.8. The molecule has 2 fully saturated rings. The van der Waals surface area contributed by atoms with Gasteiger partial charge in [0, 0.05) is 6.42 Å². The molecular weight excluding hydrogens is 597 g/mol. The first kappa shape index (κ1) is 29.4. The summed E-state index contributed by atoms with van der Waals surface area (Å²) in [5.41, 5.74) is 17.4. The van der Waals surface area contributed by atoms with Crippen molar-refractivity contribution in [1.29, 1.82) is 0 Å². The number of nitrogens with zero attached hydrogens (tertiary/aromatic N) is 7. The second-order valence-corrected chi connectivity index (χ2v) is 11.3. The van der Waals surface area contributed by atoms with Gasteiger partial charge in [0.15, 0.2) is 35.1 Å². The maximum Gasteiger partial charge on any atom is 0.472 e. The zero-order valence-electron chi connectivity index (χ0n) is 22.0. The minimum Gasteiger partial charge on any atom is -0.394 e. The molecule has 1 unspecified atom stereocenters. The molecule has 9 atom stereocenters. The van der Waals surface area contributed by atoms with E-state index >= 15 is 0 Å². The van der Waals surface area contributed by atoms with E-state index in [0.717, 1.165) is 0 Å². The van der Waals surface area contributed by atoms with Gasteiger partial charge in [-0.05, 0) is 0 Å². The van der Waals surface area contributed by atoms with Crippen molar-refractivity contribution >= 4 is 41.9 Å². The van der Waals surface area contributed by atoms with Gasteiger partial charge in [0.25, 0.3) is 5.56 Å². The summed E-state index contributed by atoms with van der Waals surface area (Å²) in [5.74, 6) is -0.0909. The van der Waals surface area contributed by atoms with Crippen molar-refractivity contribution in [2.24, 2.45) is 5.73 Å². The van der Waals surface area contributed by atoms with Gasteiger partial charge in [0.1, 0.15) is 36.3 Å². The molecule has 22 heteroatoms. The zero-order valence-corrected chi connectivity index (χ0v) is 22.9. The maximum absolute atomic E-state index is 13.0. The fourth-order valence-corrected chi connectivity index (χ4v) is 6.06. The van der Waals surface area contributed by atoms with Crippen molar-refractivity contribution in [2.45, 2.75) is 55.4 Å². The van der Waals surface area contributed by atoms with E-state index in [9.17, 15) is 29.6 Å². The van der Waals surface area contributed by atoms with Gasteiger partial charge < -0.3 is 46.9 Å². The third-order valence-electron chi connectivity index (χ3n) is 7.22. The summed E-state index contributed by atoms with van der Waals surface area (Å²) in [5, 5.41) is 30.9. The third kappa shape index (κ3) is 5.25.